The fourth-order valence-corrected chi connectivity index (χ4v) is 0.940. The molecule has 1 rings (SSSR count). The number of hydrogen-bond acceptors (Lipinski definition) is 0. The van der Waals surface area contributed by atoms with E-state index in [1.807, 2.05) is 30.3 Å². The summed E-state index contributed by atoms with van der Waals surface area (Å²) in [5.74, 6) is 0. The number of benzene rings is 1. The van der Waals surface area contributed by atoms with Crippen molar-refractivity contribution < 1.29 is 4.39 Å². The molecule has 52 valence electrons. The maximum atomic E-state index is 12.2. The van der Waals surface area contributed by atoms with E-state index in [9.17, 15) is 4.39 Å². The van der Waals surface area contributed by atoms with E-state index in [1.54, 1.807) is 0 Å². The molecule has 0 bridgehead atoms. The molecule has 0 saturated heterocycles. The molecule has 0 amide bonds. The Morgan fingerprint density at radius 2 is 1.90 bits per heavy atom. The highest BCUT2D eigenvalue weighted by Gasteiger charge is 1.86. The molecule has 0 aliphatic carbocycles. The predicted molar refractivity (Wildman–Crippen MR) is 44.5 cm³/mol. The lowest BCUT2D eigenvalue weighted by Crippen LogP contribution is -1.67. The van der Waals surface area contributed by atoms with Crippen molar-refractivity contribution in [1.29, 1.82) is 0 Å². The number of rotatable bonds is 1. The fraction of sp³-hybridized carbons (Fsp3) is 0. The molecular weight excluding hydrogens is 195 g/mol. The van der Waals surface area contributed by atoms with Gasteiger partial charge in [0.1, 0.15) is 0 Å². The van der Waals surface area contributed by atoms with Crippen molar-refractivity contribution in [3.63, 3.8) is 0 Å². The Kier molecular flexibility index (Phi) is 2.63. The Balaban J connectivity index is 2.87. The maximum Gasteiger partial charge on any atom is 0.166 e. The molecule has 0 spiro atoms. The highest BCUT2D eigenvalue weighted by Crippen LogP contribution is 2.11. The van der Waals surface area contributed by atoms with E-state index in [4.69, 9.17) is 0 Å². The molecule has 0 aliphatic heterocycles. The van der Waals surface area contributed by atoms with Crippen molar-refractivity contribution in [2.75, 3.05) is 0 Å². The molecule has 0 unspecified atom stereocenters. The molecule has 0 fully saturated rings. The van der Waals surface area contributed by atoms with Crippen molar-refractivity contribution in [3.05, 3.63) is 40.6 Å². The Morgan fingerprint density at radius 1 is 1.30 bits per heavy atom. The lowest BCUT2D eigenvalue weighted by Gasteiger charge is -1.88. The molecule has 0 heterocycles. The SMILES string of the molecule is F/C(Br)=C/c1ccccc1. The highest BCUT2D eigenvalue weighted by atomic mass is 79.9. The van der Waals surface area contributed by atoms with Crippen LogP contribution in [-0.4, -0.2) is 0 Å². The first-order chi connectivity index (χ1) is 4.79. The van der Waals surface area contributed by atoms with E-state index in [1.165, 1.54) is 6.08 Å². The van der Waals surface area contributed by atoms with E-state index >= 15 is 0 Å². The zero-order chi connectivity index (χ0) is 7.40. The van der Waals surface area contributed by atoms with Crippen molar-refractivity contribution >= 4 is 22.0 Å². The van der Waals surface area contributed by atoms with Gasteiger partial charge < -0.3 is 0 Å². The first kappa shape index (κ1) is 7.48. The third-order valence-corrected chi connectivity index (χ3v) is 1.30. The third-order valence-electron chi connectivity index (χ3n) is 1.08. The van der Waals surface area contributed by atoms with Gasteiger partial charge in [-0.15, -0.1) is 0 Å². The van der Waals surface area contributed by atoms with Crippen LogP contribution in [0, 0.1) is 0 Å². The second-order valence-corrected chi connectivity index (χ2v) is 2.60. The summed E-state index contributed by atoms with van der Waals surface area (Å²) in [6.45, 7) is 0. The highest BCUT2D eigenvalue weighted by molar-refractivity contribution is 9.11. The van der Waals surface area contributed by atoms with Crippen LogP contribution in [0.3, 0.4) is 0 Å². The van der Waals surface area contributed by atoms with Crippen molar-refractivity contribution in [3.8, 4) is 0 Å². The summed E-state index contributed by atoms with van der Waals surface area (Å²) in [4.78, 5) is 0. The van der Waals surface area contributed by atoms with Gasteiger partial charge in [0, 0.05) is 0 Å². The zero-order valence-electron chi connectivity index (χ0n) is 5.22. The Bertz CT molecular complexity index is 224. The first-order valence-corrected chi connectivity index (χ1v) is 3.66. The van der Waals surface area contributed by atoms with Crippen molar-refractivity contribution in [1.82, 2.24) is 0 Å². The van der Waals surface area contributed by atoms with Gasteiger partial charge in [-0.1, -0.05) is 30.3 Å². The summed E-state index contributed by atoms with van der Waals surface area (Å²) in [6, 6.07) is 9.29. The van der Waals surface area contributed by atoms with Crippen LogP contribution in [0.15, 0.2) is 35.1 Å². The van der Waals surface area contributed by atoms with Gasteiger partial charge in [0.05, 0.1) is 0 Å². The Labute approximate surface area is 67.5 Å². The summed E-state index contributed by atoms with van der Waals surface area (Å²) in [7, 11) is 0. The van der Waals surface area contributed by atoms with Gasteiger partial charge in [-0.2, -0.15) is 4.39 Å². The molecule has 1 aromatic rings. The standard InChI is InChI=1S/C8H6BrF/c9-8(10)6-7-4-2-1-3-5-7/h1-6H/b8-6+. The second-order valence-electron chi connectivity index (χ2n) is 1.84. The average Bonchev–Trinajstić information content (AvgIpc) is 1.88. The van der Waals surface area contributed by atoms with Crippen molar-refractivity contribution in [2.45, 2.75) is 0 Å². The molecule has 0 saturated carbocycles. The molecule has 0 radical (unpaired) electrons. The van der Waals surface area contributed by atoms with Crippen LogP contribution >= 0.6 is 15.9 Å². The van der Waals surface area contributed by atoms with E-state index in [2.05, 4.69) is 15.9 Å². The molecule has 1 aromatic carbocycles. The summed E-state index contributed by atoms with van der Waals surface area (Å²) in [6.07, 6.45) is 1.42. The van der Waals surface area contributed by atoms with Crippen LogP contribution in [0.5, 0.6) is 0 Å². The topological polar surface area (TPSA) is 0 Å². The van der Waals surface area contributed by atoms with Gasteiger partial charge in [0.15, 0.2) is 4.74 Å². The lowest BCUT2D eigenvalue weighted by molar-refractivity contribution is 0.712. The first-order valence-electron chi connectivity index (χ1n) is 2.87. The molecule has 0 aromatic heterocycles. The second kappa shape index (κ2) is 3.52. The van der Waals surface area contributed by atoms with E-state index in [0.29, 0.717) is 0 Å². The van der Waals surface area contributed by atoms with Crippen LogP contribution in [0.2, 0.25) is 0 Å². The minimum absolute atomic E-state index is 0.348. The number of halogens is 2. The monoisotopic (exact) mass is 200 g/mol. The quantitative estimate of drug-likeness (QED) is 0.653. The smallest absolute Gasteiger partial charge is 0.166 e. The lowest BCUT2D eigenvalue weighted by atomic mass is 10.2. The van der Waals surface area contributed by atoms with Crippen molar-refractivity contribution in [2.24, 2.45) is 0 Å². The minimum Gasteiger partial charge on any atom is -0.199 e. The molecule has 2 heteroatoms. The van der Waals surface area contributed by atoms with E-state index in [-0.39, 0.29) is 4.74 Å². The molecular formula is C8H6BrF. The zero-order valence-corrected chi connectivity index (χ0v) is 6.81. The fourth-order valence-electron chi connectivity index (χ4n) is 0.675. The molecule has 10 heavy (non-hydrogen) atoms. The summed E-state index contributed by atoms with van der Waals surface area (Å²) in [5.41, 5.74) is 0.858. The number of hydrogen-bond donors (Lipinski definition) is 0. The maximum absolute atomic E-state index is 12.2. The minimum atomic E-state index is -0.348. The molecule has 0 nitrogen and oxygen atoms in total. The summed E-state index contributed by atoms with van der Waals surface area (Å²) in [5, 5.41) is 0. The van der Waals surface area contributed by atoms with Crippen LogP contribution in [0.25, 0.3) is 6.08 Å². The van der Waals surface area contributed by atoms with E-state index < -0.39 is 0 Å². The normalized spacial score (nSPS) is 11.6. The Morgan fingerprint density at radius 3 is 2.40 bits per heavy atom. The van der Waals surface area contributed by atoms with Gasteiger partial charge in [-0.3, -0.25) is 0 Å². The molecule has 0 aliphatic rings. The van der Waals surface area contributed by atoms with Crippen LogP contribution in [0.1, 0.15) is 5.56 Å². The van der Waals surface area contributed by atoms with Gasteiger partial charge in [0.25, 0.3) is 0 Å². The van der Waals surface area contributed by atoms with E-state index in [0.717, 1.165) is 5.56 Å². The summed E-state index contributed by atoms with van der Waals surface area (Å²) < 4.78 is 11.8. The van der Waals surface area contributed by atoms with Crippen LogP contribution < -0.4 is 0 Å². The molecule has 0 atom stereocenters. The van der Waals surface area contributed by atoms with Gasteiger partial charge in [-0.05, 0) is 27.6 Å². The molecule has 0 N–H and O–H groups in total. The average molecular weight is 201 g/mol. The third kappa shape index (κ3) is 2.31. The summed E-state index contributed by atoms with van der Waals surface area (Å²) >= 11 is 2.71. The van der Waals surface area contributed by atoms with Gasteiger partial charge in [0.2, 0.25) is 0 Å². The van der Waals surface area contributed by atoms with Gasteiger partial charge >= 0.3 is 0 Å². The van der Waals surface area contributed by atoms with Crippen LogP contribution in [-0.2, 0) is 0 Å². The Hall–Kier alpha value is -0.630. The largest absolute Gasteiger partial charge is 0.199 e. The van der Waals surface area contributed by atoms with Crippen LogP contribution in [0.4, 0.5) is 4.39 Å². The van der Waals surface area contributed by atoms with Gasteiger partial charge in [-0.25, -0.2) is 0 Å². The predicted octanol–water partition coefficient (Wildman–Crippen LogP) is 3.35.